The highest BCUT2D eigenvalue weighted by atomic mass is 16.1. The van der Waals surface area contributed by atoms with Crippen molar-refractivity contribution in [3.63, 3.8) is 0 Å². The lowest BCUT2D eigenvalue weighted by Gasteiger charge is -1.90. The molecule has 0 atom stereocenters. The molecule has 2 rings (SSSR count). The van der Waals surface area contributed by atoms with Crippen LogP contribution in [0.1, 0.15) is 11.1 Å². The molecular weight excluding hydrogens is 252 g/mol. The first-order valence-electron chi connectivity index (χ1n) is 5.80. The van der Waals surface area contributed by atoms with Gasteiger partial charge >= 0.3 is 0 Å². The fraction of sp³-hybridized carbons (Fsp3) is 0.125. The molecule has 0 spiro atoms. The molecule has 20 heavy (non-hydrogen) atoms. The van der Waals surface area contributed by atoms with Gasteiger partial charge in [0.2, 0.25) is 0 Å². The Morgan fingerprint density at radius 3 is 0.950 bits per heavy atom. The number of anilines is 2. The lowest BCUT2D eigenvalue weighted by molar-refractivity contribution is -0.0987. The predicted octanol–water partition coefficient (Wildman–Crippen LogP) is 2.78. The number of carbonyl (C=O) groups is 2. The highest BCUT2D eigenvalue weighted by Gasteiger charge is 1.80. The topological polar surface area (TPSA) is 86.2 Å². The van der Waals surface area contributed by atoms with Crippen LogP contribution < -0.4 is 11.5 Å². The van der Waals surface area contributed by atoms with Gasteiger partial charge in [0.1, 0.15) is 13.6 Å². The summed E-state index contributed by atoms with van der Waals surface area (Å²) in [4.78, 5) is 16.0. The van der Waals surface area contributed by atoms with Crippen LogP contribution in [-0.2, 0) is 9.59 Å². The van der Waals surface area contributed by atoms with Crippen LogP contribution in [0, 0.1) is 13.8 Å². The Kier molecular flexibility index (Phi) is 12.6. The van der Waals surface area contributed by atoms with E-state index in [1.807, 2.05) is 76.0 Å². The molecule has 0 saturated heterocycles. The summed E-state index contributed by atoms with van der Waals surface area (Å²) in [6.07, 6.45) is 0. The van der Waals surface area contributed by atoms with E-state index >= 15 is 0 Å². The van der Waals surface area contributed by atoms with Gasteiger partial charge in [-0.15, -0.1) is 0 Å². The van der Waals surface area contributed by atoms with Crippen molar-refractivity contribution >= 4 is 25.0 Å². The summed E-state index contributed by atoms with van der Waals surface area (Å²) in [6.45, 7) is 8.08. The molecule has 4 heteroatoms. The van der Waals surface area contributed by atoms with Crippen LogP contribution in [0.2, 0.25) is 0 Å². The number of hydrogen-bond donors (Lipinski definition) is 2. The maximum atomic E-state index is 8.00. The summed E-state index contributed by atoms with van der Waals surface area (Å²) in [6, 6.07) is 15.6. The molecule has 0 saturated carbocycles. The first kappa shape index (κ1) is 19.7. The molecule has 2 aromatic rings. The molecule has 0 radical (unpaired) electrons. The second-order valence-electron chi connectivity index (χ2n) is 3.82. The normalized spacial score (nSPS) is 7.70. The monoisotopic (exact) mass is 274 g/mol. The third-order valence-corrected chi connectivity index (χ3v) is 2.15. The third-order valence-electron chi connectivity index (χ3n) is 2.15. The summed E-state index contributed by atoms with van der Waals surface area (Å²) in [5.41, 5.74) is 15.0. The quantitative estimate of drug-likeness (QED) is 0.723. The lowest BCUT2D eigenvalue weighted by Crippen LogP contribution is -1.81. The lowest BCUT2D eigenvalue weighted by atomic mass is 10.2. The summed E-state index contributed by atoms with van der Waals surface area (Å²) >= 11 is 0. The Hall–Kier alpha value is -2.62. The van der Waals surface area contributed by atoms with E-state index < -0.39 is 0 Å². The molecule has 0 aliphatic rings. The van der Waals surface area contributed by atoms with E-state index in [0.29, 0.717) is 0 Å². The van der Waals surface area contributed by atoms with Gasteiger partial charge in [-0.1, -0.05) is 35.4 Å². The first-order chi connectivity index (χ1) is 9.58. The molecule has 0 aliphatic heterocycles. The summed E-state index contributed by atoms with van der Waals surface area (Å²) in [7, 11) is 0. The molecule has 0 heterocycles. The van der Waals surface area contributed by atoms with Crippen molar-refractivity contribution in [2.45, 2.75) is 13.8 Å². The Morgan fingerprint density at radius 1 is 0.600 bits per heavy atom. The van der Waals surface area contributed by atoms with E-state index in [4.69, 9.17) is 21.1 Å². The SMILES string of the molecule is C=O.C=O.Cc1ccc(N)cc1.Cc1ccc(N)cc1. The molecule has 2 aromatic carbocycles. The van der Waals surface area contributed by atoms with Crippen molar-refractivity contribution in [2.75, 3.05) is 11.5 Å². The maximum absolute atomic E-state index is 8.00. The van der Waals surface area contributed by atoms with Crippen LogP contribution >= 0.6 is 0 Å². The third kappa shape index (κ3) is 10.5. The van der Waals surface area contributed by atoms with Gasteiger partial charge in [0.05, 0.1) is 0 Å². The Morgan fingerprint density at radius 2 is 0.800 bits per heavy atom. The van der Waals surface area contributed by atoms with Crippen molar-refractivity contribution in [1.29, 1.82) is 0 Å². The Balaban J connectivity index is 0. The number of nitrogens with two attached hydrogens (primary N) is 2. The Bertz CT molecular complexity index is 365. The molecule has 0 aliphatic carbocycles. The minimum absolute atomic E-state index is 0.829. The number of hydrogen-bond acceptors (Lipinski definition) is 4. The highest BCUT2D eigenvalue weighted by Crippen LogP contribution is 2.02. The average molecular weight is 274 g/mol. The van der Waals surface area contributed by atoms with Gasteiger partial charge in [0.25, 0.3) is 0 Å². The van der Waals surface area contributed by atoms with Gasteiger partial charge < -0.3 is 21.1 Å². The maximum Gasteiger partial charge on any atom is 0.106 e. The van der Waals surface area contributed by atoms with E-state index in [-0.39, 0.29) is 0 Å². The second-order valence-corrected chi connectivity index (χ2v) is 3.82. The van der Waals surface area contributed by atoms with Crippen LogP contribution in [0.5, 0.6) is 0 Å². The molecule has 108 valence electrons. The summed E-state index contributed by atoms with van der Waals surface area (Å²) < 4.78 is 0. The Labute approximate surface area is 120 Å². The number of carbonyl (C=O) groups excluding carboxylic acids is 2. The molecule has 0 bridgehead atoms. The van der Waals surface area contributed by atoms with Gasteiger partial charge in [-0.05, 0) is 38.1 Å². The first-order valence-corrected chi connectivity index (χ1v) is 5.80. The molecule has 4 nitrogen and oxygen atoms in total. The van der Waals surface area contributed by atoms with Gasteiger partial charge in [0, 0.05) is 11.4 Å². The number of aryl methyl sites for hydroxylation is 2. The minimum atomic E-state index is 0.829. The zero-order valence-corrected chi connectivity index (χ0v) is 12.0. The molecular formula is C16H22N2O2. The van der Waals surface area contributed by atoms with Crippen LogP contribution in [0.3, 0.4) is 0 Å². The van der Waals surface area contributed by atoms with E-state index in [2.05, 4.69) is 0 Å². The van der Waals surface area contributed by atoms with Gasteiger partial charge in [-0.3, -0.25) is 0 Å². The predicted molar refractivity (Wildman–Crippen MR) is 85.4 cm³/mol. The molecule has 0 unspecified atom stereocenters. The summed E-state index contributed by atoms with van der Waals surface area (Å²) in [5, 5.41) is 0. The van der Waals surface area contributed by atoms with Crippen molar-refractivity contribution in [3.8, 4) is 0 Å². The smallest absolute Gasteiger partial charge is 0.106 e. The molecule has 0 amide bonds. The van der Waals surface area contributed by atoms with Gasteiger partial charge in [-0.25, -0.2) is 0 Å². The minimum Gasteiger partial charge on any atom is -0.399 e. The zero-order valence-electron chi connectivity index (χ0n) is 12.0. The molecule has 4 N–H and O–H groups in total. The van der Waals surface area contributed by atoms with Crippen LogP contribution in [0.4, 0.5) is 11.4 Å². The number of rotatable bonds is 0. The zero-order chi connectivity index (χ0) is 16.0. The van der Waals surface area contributed by atoms with E-state index in [0.717, 1.165) is 11.4 Å². The van der Waals surface area contributed by atoms with E-state index in [1.54, 1.807) is 0 Å². The van der Waals surface area contributed by atoms with Crippen LogP contribution in [0.15, 0.2) is 48.5 Å². The average Bonchev–Trinajstić information content (AvgIpc) is 2.50. The molecule has 0 fully saturated rings. The molecule has 0 aromatic heterocycles. The van der Waals surface area contributed by atoms with Crippen molar-refractivity contribution in [1.82, 2.24) is 0 Å². The summed E-state index contributed by atoms with van der Waals surface area (Å²) in [5.74, 6) is 0. The van der Waals surface area contributed by atoms with Crippen LogP contribution in [0.25, 0.3) is 0 Å². The largest absolute Gasteiger partial charge is 0.399 e. The highest BCUT2D eigenvalue weighted by molar-refractivity contribution is 5.39. The van der Waals surface area contributed by atoms with E-state index in [9.17, 15) is 0 Å². The van der Waals surface area contributed by atoms with Gasteiger partial charge in [-0.2, -0.15) is 0 Å². The standard InChI is InChI=1S/2C7H9N.2CH2O/c2*1-6-2-4-7(8)5-3-6;2*1-2/h2*2-5H,8H2,1H3;2*1H2. The van der Waals surface area contributed by atoms with E-state index in [1.165, 1.54) is 11.1 Å². The van der Waals surface area contributed by atoms with Crippen molar-refractivity contribution in [3.05, 3.63) is 59.7 Å². The second kappa shape index (κ2) is 12.8. The van der Waals surface area contributed by atoms with Crippen molar-refractivity contribution in [2.24, 2.45) is 0 Å². The fourth-order valence-electron chi connectivity index (χ4n) is 1.13. The van der Waals surface area contributed by atoms with Gasteiger partial charge in [0.15, 0.2) is 0 Å². The van der Waals surface area contributed by atoms with Crippen LogP contribution in [-0.4, -0.2) is 13.6 Å². The van der Waals surface area contributed by atoms with Crippen molar-refractivity contribution < 1.29 is 9.59 Å². The number of benzene rings is 2. The fourth-order valence-corrected chi connectivity index (χ4v) is 1.13. The number of nitrogen functional groups attached to an aromatic ring is 2.